The molecule has 2 unspecified atom stereocenters. The molecule has 2 atom stereocenters. The highest BCUT2D eigenvalue weighted by molar-refractivity contribution is 5.76. The van der Waals surface area contributed by atoms with Crippen LogP contribution in [0.1, 0.15) is 40.0 Å². The molecule has 1 aliphatic rings. The van der Waals surface area contributed by atoms with Crippen LogP contribution in [0.15, 0.2) is 0 Å². The molecule has 0 aromatic carbocycles. The summed E-state index contributed by atoms with van der Waals surface area (Å²) in [6.07, 6.45) is 1.93. The third-order valence-electron chi connectivity index (χ3n) is 3.82. The first-order chi connectivity index (χ1) is 7.86. The van der Waals surface area contributed by atoms with Crippen molar-refractivity contribution in [2.45, 2.75) is 51.7 Å². The third-order valence-corrected chi connectivity index (χ3v) is 3.82. The third kappa shape index (κ3) is 3.96. The van der Waals surface area contributed by atoms with Gasteiger partial charge in [-0.25, -0.2) is 0 Å². The summed E-state index contributed by atoms with van der Waals surface area (Å²) in [5, 5.41) is 10.1. The van der Waals surface area contributed by atoms with Gasteiger partial charge in [0.05, 0.1) is 11.7 Å². The Morgan fingerprint density at radius 2 is 2.18 bits per heavy atom. The van der Waals surface area contributed by atoms with Gasteiger partial charge < -0.3 is 14.7 Å². The molecule has 100 valence electrons. The van der Waals surface area contributed by atoms with Crippen LogP contribution in [-0.2, 0) is 9.53 Å². The van der Waals surface area contributed by atoms with E-state index in [4.69, 9.17) is 4.74 Å². The predicted octanol–water partition coefficient (Wildman–Crippen LogP) is 1.42. The fraction of sp³-hybridized carbons (Fsp3) is 0.923. The molecule has 0 radical (unpaired) electrons. The Labute approximate surface area is 104 Å². The molecule has 17 heavy (non-hydrogen) atoms. The number of hydrogen-bond donors (Lipinski definition) is 1. The number of rotatable bonds is 4. The van der Waals surface area contributed by atoms with E-state index in [1.54, 1.807) is 12.0 Å². The number of β-amino-alcohol motifs (C(OH)–C–C–N with tert-alkyl or cyclic N) is 1. The van der Waals surface area contributed by atoms with Crippen LogP contribution in [0, 0.1) is 5.92 Å². The molecule has 0 saturated carbocycles. The topological polar surface area (TPSA) is 49.8 Å². The van der Waals surface area contributed by atoms with E-state index in [1.807, 2.05) is 13.8 Å². The van der Waals surface area contributed by atoms with E-state index in [0.717, 1.165) is 19.4 Å². The van der Waals surface area contributed by atoms with Gasteiger partial charge in [-0.3, -0.25) is 4.79 Å². The average Bonchev–Trinajstić information content (AvgIpc) is 2.44. The van der Waals surface area contributed by atoms with Crippen LogP contribution < -0.4 is 0 Å². The Bertz CT molecular complexity index is 265. The summed E-state index contributed by atoms with van der Waals surface area (Å²) in [4.78, 5) is 13.7. The average molecular weight is 243 g/mol. The molecule has 0 aromatic heterocycles. The monoisotopic (exact) mass is 243 g/mol. The van der Waals surface area contributed by atoms with E-state index in [1.165, 1.54) is 0 Å². The van der Waals surface area contributed by atoms with Crippen LogP contribution in [0.5, 0.6) is 0 Å². The fourth-order valence-corrected chi connectivity index (χ4v) is 1.93. The molecule has 1 amide bonds. The van der Waals surface area contributed by atoms with E-state index < -0.39 is 11.7 Å². The second-order valence-electron chi connectivity index (χ2n) is 5.60. The molecule has 0 aromatic rings. The largest absolute Gasteiger partial charge is 0.388 e. The van der Waals surface area contributed by atoms with Gasteiger partial charge in [-0.2, -0.15) is 0 Å². The number of ether oxygens (including phenoxy) is 1. The van der Waals surface area contributed by atoms with Gasteiger partial charge in [-0.15, -0.1) is 0 Å². The number of aliphatic hydroxyl groups is 1. The quantitative estimate of drug-likeness (QED) is 0.812. The zero-order chi connectivity index (χ0) is 13.1. The van der Waals surface area contributed by atoms with Gasteiger partial charge in [-0.05, 0) is 32.6 Å². The zero-order valence-electron chi connectivity index (χ0n) is 11.4. The molecule has 0 spiro atoms. The molecular weight excluding hydrogens is 218 g/mol. The summed E-state index contributed by atoms with van der Waals surface area (Å²) in [6, 6.07) is 0. The molecule has 4 heteroatoms. The van der Waals surface area contributed by atoms with Crippen molar-refractivity contribution >= 4 is 5.91 Å². The summed E-state index contributed by atoms with van der Waals surface area (Å²) in [5.74, 6) is 0.747. The Balaban J connectivity index is 2.57. The molecule has 1 fully saturated rings. The van der Waals surface area contributed by atoms with Crippen LogP contribution in [0.2, 0.25) is 0 Å². The Hall–Kier alpha value is -0.610. The van der Waals surface area contributed by atoms with E-state index in [2.05, 4.69) is 6.92 Å². The number of carbonyl (C=O) groups is 1. The molecular formula is C13H25NO3. The molecule has 1 saturated heterocycles. The predicted molar refractivity (Wildman–Crippen MR) is 66.7 cm³/mol. The molecule has 0 aliphatic carbocycles. The highest BCUT2D eigenvalue weighted by Gasteiger charge is 2.31. The maximum absolute atomic E-state index is 11.9. The van der Waals surface area contributed by atoms with E-state index in [-0.39, 0.29) is 5.91 Å². The molecule has 1 rings (SSSR count). The second-order valence-corrected chi connectivity index (χ2v) is 5.60. The number of likely N-dealkylation sites (tertiary alicyclic amines) is 1. The first-order valence-electron chi connectivity index (χ1n) is 6.38. The van der Waals surface area contributed by atoms with Crippen molar-refractivity contribution in [1.82, 2.24) is 4.90 Å². The van der Waals surface area contributed by atoms with Crippen molar-refractivity contribution in [1.29, 1.82) is 0 Å². The molecule has 0 bridgehead atoms. The number of amides is 1. The lowest BCUT2D eigenvalue weighted by molar-refractivity contribution is -0.136. The van der Waals surface area contributed by atoms with Crippen LogP contribution in [0.3, 0.4) is 0 Å². The number of methoxy groups -OCH3 is 1. The normalized spacial score (nSPS) is 24.6. The van der Waals surface area contributed by atoms with Gasteiger partial charge in [0.1, 0.15) is 0 Å². The van der Waals surface area contributed by atoms with E-state index >= 15 is 0 Å². The van der Waals surface area contributed by atoms with Crippen LogP contribution >= 0.6 is 0 Å². The number of carbonyl (C=O) groups excluding carboxylic acids is 1. The minimum atomic E-state index is -0.648. The summed E-state index contributed by atoms with van der Waals surface area (Å²) in [5.41, 5.74) is -0.613. The minimum Gasteiger partial charge on any atom is -0.388 e. The smallest absolute Gasteiger partial charge is 0.222 e. The zero-order valence-corrected chi connectivity index (χ0v) is 11.4. The Morgan fingerprint density at radius 1 is 1.53 bits per heavy atom. The number of aliphatic hydroxyl groups excluding tert-OH is 1. The summed E-state index contributed by atoms with van der Waals surface area (Å²) in [6.45, 7) is 6.96. The van der Waals surface area contributed by atoms with Gasteiger partial charge >= 0.3 is 0 Å². The minimum absolute atomic E-state index is 0.153. The van der Waals surface area contributed by atoms with E-state index in [9.17, 15) is 9.90 Å². The maximum atomic E-state index is 11.9. The fourth-order valence-electron chi connectivity index (χ4n) is 1.93. The molecule has 4 nitrogen and oxygen atoms in total. The lowest BCUT2D eigenvalue weighted by atomic mass is 10.0. The highest BCUT2D eigenvalue weighted by atomic mass is 16.5. The van der Waals surface area contributed by atoms with Crippen molar-refractivity contribution in [3.8, 4) is 0 Å². The van der Waals surface area contributed by atoms with Crippen LogP contribution in [0.25, 0.3) is 0 Å². The van der Waals surface area contributed by atoms with Gasteiger partial charge in [0.2, 0.25) is 5.91 Å². The van der Waals surface area contributed by atoms with Gasteiger partial charge in [0, 0.05) is 26.6 Å². The van der Waals surface area contributed by atoms with Gasteiger partial charge in [-0.1, -0.05) is 6.92 Å². The molecule has 1 aliphatic heterocycles. The number of hydrogen-bond acceptors (Lipinski definition) is 3. The van der Waals surface area contributed by atoms with Crippen molar-refractivity contribution < 1.29 is 14.6 Å². The van der Waals surface area contributed by atoms with Crippen molar-refractivity contribution in [3.63, 3.8) is 0 Å². The second kappa shape index (κ2) is 5.83. The Kier molecular flexibility index (Phi) is 4.95. The SMILES string of the molecule is COC(C)(C)C(O)CN1CCC(C)CCC1=O. The van der Waals surface area contributed by atoms with Gasteiger partial charge in [0.15, 0.2) is 0 Å². The van der Waals surface area contributed by atoms with Crippen LogP contribution in [0.4, 0.5) is 0 Å². The summed E-state index contributed by atoms with van der Waals surface area (Å²) in [7, 11) is 1.58. The molecule has 1 heterocycles. The Morgan fingerprint density at radius 3 is 2.76 bits per heavy atom. The van der Waals surface area contributed by atoms with Crippen molar-refractivity contribution in [3.05, 3.63) is 0 Å². The van der Waals surface area contributed by atoms with E-state index in [0.29, 0.717) is 18.9 Å². The summed E-state index contributed by atoms with van der Waals surface area (Å²) >= 11 is 0. The highest BCUT2D eigenvalue weighted by Crippen LogP contribution is 2.20. The maximum Gasteiger partial charge on any atom is 0.222 e. The summed E-state index contributed by atoms with van der Waals surface area (Å²) < 4.78 is 5.24. The standard InChI is InChI=1S/C13H25NO3/c1-10-5-6-12(16)14(8-7-10)9-11(15)13(2,3)17-4/h10-11,15H,5-9H2,1-4H3. The molecule has 1 N–H and O–H groups in total. The lowest BCUT2D eigenvalue weighted by Gasteiger charge is -2.33. The van der Waals surface area contributed by atoms with Crippen LogP contribution in [-0.4, -0.2) is 47.8 Å². The first kappa shape index (κ1) is 14.5. The lowest BCUT2D eigenvalue weighted by Crippen LogP contribution is -2.47. The van der Waals surface area contributed by atoms with Crippen molar-refractivity contribution in [2.75, 3.05) is 20.2 Å². The number of nitrogens with zero attached hydrogens (tertiary/aromatic N) is 1. The van der Waals surface area contributed by atoms with Gasteiger partial charge in [0.25, 0.3) is 0 Å². The first-order valence-corrected chi connectivity index (χ1v) is 6.38. The van der Waals surface area contributed by atoms with Crippen molar-refractivity contribution in [2.24, 2.45) is 5.92 Å².